The standard InChI is InChI=1S/C18H25N3OS/c1-12(2)13(3)19-17(22)11-23-18-20-14(4)16(21-18)10-15-8-6-5-7-9-15/h5-9,12-13H,10-11H2,1-4H3,(H,19,22)(H,20,21)/t13-/m1/s1. The third kappa shape index (κ3) is 5.43. The van der Waals surface area contributed by atoms with E-state index in [2.05, 4.69) is 41.3 Å². The summed E-state index contributed by atoms with van der Waals surface area (Å²) in [5, 5.41) is 3.82. The highest BCUT2D eigenvalue weighted by Crippen LogP contribution is 2.19. The average molecular weight is 331 g/mol. The zero-order valence-corrected chi connectivity index (χ0v) is 15.0. The Morgan fingerprint density at radius 1 is 1.26 bits per heavy atom. The second-order valence-corrected chi connectivity index (χ2v) is 7.13. The molecule has 0 radical (unpaired) electrons. The molecule has 2 N–H and O–H groups in total. The van der Waals surface area contributed by atoms with Crippen molar-refractivity contribution in [1.29, 1.82) is 0 Å². The minimum absolute atomic E-state index is 0.0508. The molecule has 0 aliphatic heterocycles. The van der Waals surface area contributed by atoms with Gasteiger partial charge in [0.25, 0.3) is 0 Å². The molecule has 1 amide bonds. The third-order valence-electron chi connectivity index (χ3n) is 3.91. The number of carbonyl (C=O) groups is 1. The van der Waals surface area contributed by atoms with Gasteiger partial charge in [-0.2, -0.15) is 0 Å². The number of imidazole rings is 1. The monoisotopic (exact) mass is 331 g/mol. The number of nitrogens with one attached hydrogen (secondary N) is 2. The molecule has 0 saturated heterocycles. The van der Waals surface area contributed by atoms with Crippen LogP contribution in [0.4, 0.5) is 0 Å². The minimum atomic E-state index is 0.0508. The van der Waals surface area contributed by atoms with Crippen LogP contribution in [0.25, 0.3) is 0 Å². The molecule has 4 nitrogen and oxygen atoms in total. The largest absolute Gasteiger partial charge is 0.353 e. The van der Waals surface area contributed by atoms with Crippen molar-refractivity contribution in [2.75, 3.05) is 5.75 Å². The van der Waals surface area contributed by atoms with Gasteiger partial charge in [-0.3, -0.25) is 4.79 Å². The Hall–Kier alpha value is -1.75. The van der Waals surface area contributed by atoms with Crippen molar-refractivity contribution in [3.05, 3.63) is 47.3 Å². The average Bonchev–Trinajstić information content (AvgIpc) is 2.86. The van der Waals surface area contributed by atoms with Crippen LogP contribution in [0.15, 0.2) is 35.5 Å². The summed E-state index contributed by atoms with van der Waals surface area (Å²) in [6, 6.07) is 10.5. The van der Waals surface area contributed by atoms with Gasteiger partial charge in [0.15, 0.2) is 5.16 Å². The number of H-pyrrole nitrogens is 1. The fourth-order valence-corrected chi connectivity index (χ4v) is 2.84. The van der Waals surface area contributed by atoms with Gasteiger partial charge in [-0.15, -0.1) is 0 Å². The number of aryl methyl sites for hydroxylation is 1. The fraction of sp³-hybridized carbons (Fsp3) is 0.444. The molecule has 0 fully saturated rings. The van der Waals surface area contributed by atoms with Crippen molar-refractivity contribution in [2.24, 2.45) is 5.92 Å². The van der Waals surface area contributed by atoms with Gasteiger partial charge in [0, 0.05) is 18.2 Å². The summed E-state index contributed by atoms with van der Waals surface area (Å²) in [5.41, 5.74) is 3.34. The molecular formula is C18H25N3OS. The normalized spacial score (nSPS) is 12.4. The molecule has 0 aliphatic carbocycles. The van der Waals surface area contributed by atoms with E-state index in [4.69, 9.17) is 0 Å². The Balaban J connectivity index is 1.90. The van der Waals surface area contributed by atoms with E-state index in [0.29, 0.717) is 11.7 Å². The molecule has 0 spiro atoms. The maximum atomic E-state index is 11.9. The SMILES string of the molecule is Cc1[nH]c(SCC(=O)N[C@H](C)C(C)C)nc1Cc1ccccc1. The number of aromatic amines is 1. The second-order valence-electron chi connectivity index (χ2n) is 6.16. The summed E-state index contributed by atoms with van der Waals surface area (Å²) in [6.07, 6.45) is 0.806. The molecule has 1 aromatic carbocycles. The maximum Gasteiger partial charge on any atom is 0.230 e. The van der Waals surface area contributed by atoms with E-state index < -0.39 is 0 Å². The first-order chi connectivity index (χ1) is 11.0. The second kappa shape index (κ2) is 8.20. The van der Waals surface area contributed by atoms with Crippen LogP contribution >= 0.6 is 11.8 Å². The predicted octanol–water partition coefficient (Wildman–Crippen LogP) is 3.56. The highest BCUT2D eigenvalue weighted by Gasteiger charge is 2.13. The Labute approximate surface area is 142 Å². The minimum Gasteiger partial charge on any atom is -0.353 e. The molecule has 124 valence electrons. The van der Waals surface area contributed by atoms with Crippen molar-refractivity contribution < 1.29 is 4.79 Å². The zero-order chi connectivity index (χ0) is 16.8. The van der Waals surface area contributed by atoms with Crippen LogP contribution in [0, 0.1) is 12.8 Å². The number of hydrogen-bond donors (Lipinski definition) is 2. The van der Waals surface area contributed by atoms with E-state index in [0.717, 1.165) is 23.0 Å². The van der Waals surface area contributed by atoms with Gasteiger partial charge >= 0.3 is 0 Å². The number of amides is 1. The number of rotatable bonds is 7. The van der Waals surface area contributed by atoms with Crippen LogP contribution < -0.4 is 5.32 Å². The quantitative estimate of drug-likeness (QED) is 0.763. The number of thioether (sulfide) groups is 1. The van der Waals surface area contributed by atoms with Gasteiger partial charge in [-0.05, 0) is 25.3 Å². The fourth-order valence-electron chi connectivity index (χ4n) is 2.09. The molecule has 0 aliphatic rings. The van der Waals surface area contributed by atoms with Gasteiger partial charge in [-0.25, -0.2) is 4.98 Å². The van der Waals surface area contributed by atoms with Crippen LogP contribution in [0.3, 0.4) is 0 Å². The summed E-state index contributed by atoms with van der Waals surface area (Å²) in [6.45, 7) is 8.26. The van der Waals surface area contributed by atoms with Crippen molar-refractivity contribution in [3.8, 4) is 0 Å². The molecule has 0 bridgehead atoms. The van der Waals surface area contributed by atoms with Gasteiger partial charge in [0.2, 0.25) is 5.91 Å². The van der Waals surface area contributed by atoms with Crippen molar-refractivity contribution in [1.82, 2.24) is 15.3 Å². The molecule has 2 rings (SSSR count). The number of benzene rings is 1. The Bertz CT molecular complexity index is 637. The topological polar surface area (TPSA) is 57.8 Å². The number of carbonyl (C=O) groups excluding carboxylic acids is 1. The van der Waals surface area contributed by atoms with E-state index >= 15 is 0 Å². The molecule has 1 heterocycles. The molecule has 1 atom stereocenters. The first-order valence-corrected chi connectivity index (χ1v) is 8.96. The van der Waals surface area contributed by atoms with Gasteiger partial charge in [-0.1, -0.05) is 55.9 Å². The van der Waals surface area contributed by atoms with E-state index in [1.807, 2.05) is 32.0 Å². The first kappa shape index (κ1) is 17.6. The molecule has 23 heavy (non-hydrogen) atoms. The highest BCUT2D eigenvalue weighted by molar-refractivity contribution is 7.99. The molecule has 0 saturated carbocycles. The number of aromatic nitrogens is 2. The van der Waals surface area contributed by atoms with Gasteiger partial charge < -0.3 is 10.3 Å². The lowest BCUT2D eigenvalue weighted by Crippen LogP contribution is -2.37. The molecule has 1 aromatic heterocycles. The Morgan fingerprint density at radius 2 is 1.96 bits per heavy atom. The Kier molecular flexibility index (Phi) is 6.28. The van der Waals surface area contributed by atoms with E-state index in [9.17, 15) is 4.79 Å². The van der Waals surface area contributed by atoms with Crippen LogP contribution in [-0.4, -0.2) is 27.7 Å². The smallest absolute Gasteiger partial charge is 0.230 e. The molecular weight excluding hydrogens is 306 g/mol. The van der Waals surface area contributed by atoms with Gasteiger partial charge in [0.1, 0.15) is 0 Å². The van der Waals surface area contributed by atoms with Crippen molar-refractivity contribution in [3.63, 3.8) is 0 Å². The lowest BCUT2D eigenvalue weighted by atomic mass is 10.1. The molecule has 2 aromatic rings. The lowest BCUT2D eigenvalue weighted by Gasteiger charge is -2.16. The van der Waals surface area contributed by atoms with E-state index in [1.165, 1.54) is 17.3 Å². The van der Waals surface area contributed by atoms with Crippen LogP contribution in [0.5, 0.6) is 0 Å². The summed E-state index contributed by atoms with van der Waals surface area (Å²) in [7, 11) is 0. The van der Waals surface area contributed by atoms with Crippen molar-refractivity contribution in [2.45, 2.75) is 45.3 Å². The zero-order valence-electron chi connectivity index (χ0n) is 14.2. The van der Waals surface area contributed by atoms with E-state index in [-0.39, 0.29) is 11.9 Å². The van der Waals surface area contributed by atoms with E-state index in [1.54, 1.807) is 0 Å². The van der Waals surface area contributed by atoms with Crippen LogP contribution in [-0.2, 0) is 11.2 Å². The molecule has 5 heteroatoms. The predicted molar refractivity (Wildman–Crippen MR) is 95.7 cm³/mol. The van der Waals surface area contributed by atoms with Gasteiger partial charge in [0.05, 0.1) is 11.4 Å². The summed E-state index contributed by atoms with van der Waals surface area (Å²) in [5.74, 6) is 0.872. The van der Waals surface area contributed by atoms with Crippen molar-refractivity contribution >= 4 is 17.7 Å². The lowest BCUT2D eigenvalue weighted by molar-refractivity contribution is -0.119. The first-order valence-electron chi connectivity index (χ1n) is 7.97. The Morgan fingerprint density at radius 3 is 2.61 bits per heavy atom. The number of nitrogens with zero attached hydrogens (tertiary/aromatic N) is 1. The maximum absolute atomic E-state index is 11.9. The molecule has 0 unspecified atom stereocenters. The number of hydrogen-bond acceptors (Lipinski definition) is 3. The third-order valence-corrected chi connectivity index (χ3v) is 4.78. The summed E-state index contributed by atoms with van der Waals surface area (Å²) < 4.78 is 0. The van der Waals surface area contributed by atoms with Crippen LogP contribution in [0.2, 0.25) is 0 Å². The summed E-state index contributed by atoms with van der Waals surface area (Å²) in [4.78, 5) is 19.8. The van der Waals surface area contributed by atoms with Crippen LogP contribution in [0.1, 0.15) is 37.7 Å². The summed E-state index contributed by atoms with van der Waals surface area (Å²) >= 11 is 1.45. The highest BCUT2D eigenvalue weighted by atomic mass is 32.2.